The highest BCUT2D eigenvalue weighted by Gasteiger charge is 2.43. The lowest BCUT2D eigenvalue weighted by Crippen LogP contribution is -2.45. The van der Waals surface area contributed by atoms with Crippen LogP contribution in [0.15, 0.2) is 23.4 Å². The Hall–Kier alpha value is -2.55. The SMILES string of the molecule is COCCN1CC2=C(C1=O)C(c1cc(F)c(F)cc1F)NC(=O)N2C. The molecule has 0 saturated carbocycles. The van der Waals surface area contributed by atoms with Crippen molar-refractivity contribution in [3.8, 4) is 0 Å². The van der Waals surface area contributed by atoms with Gasteiger partial charge in [-0.3, -0.25) is 9.69 Å². The molecule has 1 unspecified atom stereocenters. The van der Waals surface area contributed by atoms with E-state index in [0.717, 1.165) is 0 Å². The number of methoxy groups -OCH3 is 1. The monoisotopic (exact) mass is 355 g/mol. The molecule has 1 aromatic carbocycles. The fourth-order valence-electron chi connectivity index (χ4n) is 3.00. The summed E-state index contributed by atoms with van der Waals surface area (Å²) in [7, 11) is 2.97. The lowest BCUT2D eigenvalue weighted by Gasteiger charge is -2.31. The van der Waals surface area contributed by atoms with Gasteiger partial charge < -0.3 is 15.0 Å². The fraction of sp³-hybridized carbons (Fsp3) is 0.375. The molecule has 0 radical (unpaired) electrons. The van der Waals surface area contributed by atoms with Gasteiger partial charge in [0.15, 0.2) is 11.6 Å². The summed E-state index contributed by atoms with van der Waals surface area (Å²) in [4.78, 5) is 27.5. The van der Waals surface area contributed by atoms with E-state index < -0.39 is 35.4 Å². The number of nitrogens with zero attached hydrogens (tertiary/aromatic N) is 2. The molecule has 0 saturated heterocycles. The molecule has 0 aromatic heterocycles. The second kappa shape index (κ2) is 6.40. The normalized spacial score (nSPS) is 20.3. The maximum absolute atomic E-state index is 14.2. The van der Waals surface area contributed by atoms with E-state index in [1.807, 2.05) is 0 Å². The predicted octanol–water partition coefficient (Wildman–Crippen LogP) is 1.54. The maximum atomic E-state index is 14.2. The van der Waals surface area contributed by atoms with Crippen LogP contribution in [0.4, 0.5) is 18.0 Å². The Balaban J connectivity index is 2.04. The highest BCUT2D eigenvalue weighted by molar-refractivity contribution is 6.01. The molecule has 1 N–H and O–H groups in total. The zero-order valence-corrected chi connectivity index (χ0v) is 13.6. The number of rotatable bonds is 4. The number of carbonyl (C=O) groups excluding carboxylic acids is 2. The third-order valence-corrected chi connectivity index (χ3v) is 4.35. The molecule has 0 spiro atoms. The molecule has 1 aromatic rings. The first-order chi connectivity index (χ1) is 11.8. The van der Waals surface area contributed by atoms with Gasteiger partial charge in [0, 0.05) is 32.3 Å². The van der Waals surface area contributed by atoms with Gasteiger partial charge in [-0.25, -0.2) is 18.0 Å². The zero-order chi connectivity index (χ0) is 18.3. The number of halogens is 3. The summed E-state index contributed by atoms with van der Waals surface area (Å²) >= 11 is 0. The lowest BCUT2D eigenvalue weighted by molar-refractivity contribution is -0.126. The summed E-state index contributed by atoms with van der Waals surface area (Å²) in [5.74, 6) is -4.04. The van der Waals surface area contributed by atoms with Crippen molar-refractivity contribution in [2.75, 3.05) is 33.9 Å². The Bertz CT molecular complexity index is 781. The molecule has 0 fully saturated rings. The predicted molar refractivity (Wildman–Crippen MR) is 80.8 cm³/mol. The minimum atomic E-state index is -1.34. The van der Waals surface area contributed by atoms with E-state index in [1.54, 1.807) is 0 Å². The topological polar surface area (TPSA) is 61.9 Å². The summed E-state index contributed by atoms with van der Waals surface area (Å²) in [5, 5.41) is 2.47. The maximum Gasteiger partial charge on any atom is 0.322 e. The average Bonchev–Trinajstić information content (AvgIpc) is 2.90. The minimum Gasteiger partial charge on any atom is -0.383 e. The van der Waals surface area contributed by atoms with Gasteiger partial charge in [-0.1, -0.05) is 0 Å². The van der Waals surface area contributed by atoms with Crippen LogP contribution in [0.1, 0.15) is 11.6 Å². The standard InChI is InChI=1S/C16H16F3N3O3/c1-21-12-7-22(3-4-25-2)15(23)13(12)14(20-16(21)24)8-5-10(18)11(19)6-9(8)17/h5-6,14H,3-4,7H2,1-2H3,(H,20,24). The Morgan fingerprint density at radius 1 is 1.20 bits per heavy atom. The highest BCUT2D eigenvalue weighted by Crippen LogP contribution is 2.36. The second-order valence-corrected chi connectivity index (χ2v) is 5.81. The van der Waals surface area contributed by atoms with E-state index >= 15 is 0 Å². The molecular formula is C16H16F3N3O3. The van der Waals surface area contributed by atoms with Crippen LogP contribution in [0, 0.1) is 17.5 Å². The van der Waals surface area contributed by atoms with Crippen molar-refractivity contribution in [3.63, 3.8) is 0 Å². The van der Waals surface area contributed by atoms with E-state index in [1.165, 1.54) is 24.0 Å². The summed E-state index contributed by atoms with van der Waals surface area (Å²) in [6.45, 7) is 0.738. The molecular weight excluding hydrogens is 339 g/mol. The van der Waals surface area contributed by atoms with Gasteiger partial charge in [0.2, 0.25) is 0 Å². The van der Waals surface area contributed by atoms with Crippen molar-refractivity contribution in [3.05, 3.63) is 46.4 Å². The molecule has 9 heteroatoms. The number of benzene rings is 1. The van der Waals surface area contributed by atoms with Gasteiger partial charge in [0.05, 0.1) is 30.5 Å². The molecule has 2 aliphatic rings. The molecule has 3 amide bonds. The number of amides is 3. The first-order valence-corrected chi connectivity index (χ1v) is 7.55. The second-order valence-electron chi connectivity index (χ2n) is 5.81. The van der Waals surface area contributed by atoms with Crippen molar-refractivity contribution in [1.29, 1.82) is 0 Å². The van der Waals surface area contributed by atoms with E-state index in [2.05, 4.69) is 5.32 Å². The molecule has 25 heavy (non-hydrogen) atoms. The number of hydrogen-bond donors (Lipinski definition) is 1. The lowest BCUT2D eigenvalue weighted by atomic mass is 9.95. The third kappa shape index (κ3) is 2.84. The molecule has 134 valence electrons. The summed E-state index contributed by atoms with van der Waals surface area (Å²) in [6.07, 6.45) is 0. The molecule has 3 rings (SSSR count). The average molecular weight is 355 g/mol. The van der Waals surface area contributed by atoms with Gasteiger partial charge in [-0.2, -0.15) is 0 Å². The zero-order valence-electron chi connectivity index (χ0n) is 13.6. The van der Waals surface area contributed by atoms with E-state index in [-0.39, 0.29) is 24.2 Å². The number of ether oxygens (including phenoxy) is 1. The van der Waals surface area contributed by atoms with Crippen LogP contribution in [0.25, 0.3) is 0 Å². The van der Waals surface area contributed by atoms with Crippen LogP contribution in [-0.2, 0) is 9.53 Å². The third-order valence-electron chi connectivity index (χ3n) is 4.35. The molecule has 2 heterocycles. The molecule has 2 aliphatic heterocycles. The smallest absolute Gasteiger partial charge is 0.322 e. The van der Waals surface area contributed by atoms with E-state index in [4.69, 9.17) is 4.74 Å². The van der Waals surface area contributed by atoms with Gasteiger partial charge in [0.25, 0.3) is 5.91 Å². The molecule has 1 atom stereocenters. The van der Waals surface area contributed by atoms with Crippen molar-refractivity contribution in [2.24, 2.45) is 0 Å². The van der Waals surface area contributed by atoms with Crippen LogP contribution in [-0.4, -0.2) is 55.6 Å². The first-order valence-electron chi connectivity index (χ1n) is 7.55. The van der Waals surface area contributed by atoms with Crippen molar-refractivity contribution in [2.45, 2.75) is 6.04 Å². The van der Waals surface area contributed by atoms with Gasteiger partial charge >= 0.3 is 6.03 Å². The van der Waals surface area contributed by atoms with Crippen LogP contribution in [0.2, 0.25) is 0 Å². The van der Waals surface area contributed by atoms with E-state index in [0.29, 0.717) is 24.4 Å². The first kappa shape index (κ1) is 17.3. The van der Waals surface area contributed by atoms with Crippen LogP contribution in [0.3, 0.4) is 0 Å². The Kier molecular flexibility index (Phi) is 4.42. The van der Waals surface area contributed by atoms with Crippen molar-refractivity contribution in [1.82, 2.24) is 15.1 Å². The Morgan fingerprint density at radius 2 is 1.88 bits per heavy atom. The minimum absolute atomic E-state index is 0.142. The number of hydrogen-bond acceptors (Lipinski definition) is 3. The summed E-state index contributed by atoms with van der Waals surface area (Å²) in [5.41, 5.74) is 0.247. The van der Waals surface area contributed by atoms with Gasteiger partial charge in [-0.05, 0) is 6.07 Å². The summed E-state index contributed by atoms with van der Waals surface area (Å²) < 4.78 is 45.9. The van der Waals surface area contributed by atoms with Crippen LogP contribution >= 0.6 is 0 Å². The number of urea groups is 1. The largest absolute Gasteiger partial charge is 0.383 e. The van der Waals surface area contributed by atoms with E-state index in [9.17, 15) is 22.8 Å². The molecule has 6 nitrogen and oxygen atoms in total. The number of likely N-dealkylation sites (N-methyl/N-ethyl adjacent to an activating group) is 1. The Labute approximate surface area is 141 Å². The van der Waals surface area contributed by atoms with Gasteiger partial charge in [-0.15, -0.1) is 0 Å². The number of carbonyl (C=O) groups is 2. The summed E-state index contributed by atoms with van der Waals surface area (Å²) in [6, 6.07) is -0.683. The van der Waals surface area contributed by atoms with Gasteiger partial charge in [0.1, 0.15) is 5.82 Å². The van der Waals surface area contributed by atoms with Crippen LogP contribution < -0.4 is 5.32 Å². The molecule has 0 bridgehead atoms. The molecule has 0 aliphatic carbocycles. The quantitative estimate of drug-likeness (QED) is 0.834. The van der Waals surface area contributed by atoms with Crippen molar-refractivity contribution >= 4 is 11.9 Å². The van der Waals surface area contributed by atoms with Crippen LogP contribution in [0.5, 0.6) is 0 Å². The number of nitrogens with one attached hydrogen (secondary N) is 1. The Morgan fingerprint density at radius 3 is 2.56 bits per heavy atom. The fourth-order valence-corrected chi connectivity index (χ4v) is 3.00. The highest BCUT2D eigenvalue weighted by atomic mass is 19.2. The van der Waals surface area contributed by atoms with Crippen molar-refractivity contribution < 1.29 is 27.5 Å².